The highest BCUT2D eigenvalue weighted by Gasteiger charge is 2.38. The third-order valence-electron chi connectivity index (χ3n) is 9.23. The van der Waals surface area contributed by atoms with Gasteiger partial charge in [-0.25, -0.2) is 0 Å². The second-order valence-corrected chi connectivity index (χ2v) is 15.3. The summed E-state index contributed by atoms with van der Waals surface area (Å²) in [4.78, 5) is 0. The van der Waals surface area contributed by atoms with Gasteiger partial charge in [-0.15, -0.1) is 5.54 Å². The molecule has 0 aliphatic heterocycles. The third kappa shape index (κ3) is 4.67. The van der Waals surface area contributed by atoms with Crippen LogP contribution in [0.4, 0.5) is 0 Å². The van der Waals surface area contributed by atoms with Crippen molar-refractivity contribution in [2.24, 2.45) is 0 Å². The number of hydrogen-bond donors (Lipinski definition) is 0. The predicted molar refractivity (Wildman–Crippen MR) is 183 cm³/mol. The molecule has 1 aliphatic rings. The molecule has 0 N–H and O–H groups in total. The van der Waals surface area contributed by atoms with E-state index < -0.39 is 8.07 Å². The Morgan fingerprint density at radius 1 is 0.524 bits per heavy atom. The van der Waals surface area contributed by atoms with Gasteiger partial charge in [0.15, 0.2) is 0 Å². The Bertz CT molecular complexity index is 1810. The zero-order valence-electron chi connectivity index (χ0n) is 24.3. The number of benzene rings is 6. The summed E-state index contributed by atoms with van der Waals surface area (Å²) in [6.45, 7) is 2.22. The van der Waals surface area contributed by atoms with Crippen LogP contribution in [0.15, 0.2) is 133 Å². The summed E-state index contributed by atoms with van der Waals surface area (Å²) >= 11 is 0. The molecular formula is C41H36Si. The summed E-state index contributed by atoms with van der Waals surface area (Å²) < 4.78 is 0. The van der Waals surface area contributed by atoms with E-state index in [9.17, 15) is 0 Å². The van der Waals surface area contributed by atoms with Gasteiger partial charge in [0.2, 0.25) is 8.07 Å². The van der Waals surface area contributed by atoms with E-state index >= 15 is 0 Å². The number of hydrogen-bond acceptors (Lipinski definition) is 0. The Hall–Kier alpha value is -4.38. The SMILES string of the molecule is Cc1ccc2c(C#C[Si](c3ccccc3)(c3ccccc3)c3ccccc3)c3ccccc3c(C3CCCCC3)c2c1. The lowest BCUT2D eigenvalue weighted by Crippen LogP contribution is -2.66. The summed E-state index contributed by atoms with van der Waals surface area (Å²) in [7, 11) is -2.70. The molecule has 0 atom stereocenters. The highest BCUT2D eigenvalue weighted by atomic mass is 28.3. The minimum absolute atomic E-state index is 0.612. The van der Waals surface area contributed by atoms with Crippen LogP contribution in [0.1, 0.15) is 54.7 Å². The number of fused-ring (bicyclic) bond motifs is 2. The minimum Gasteiger partial charge on any atom is -0.109 e. The smallest absolute Gasteiger partial charge is 0.109 e. The van der Waals surface area contributed by atoms with Crippen molar-refractivity contribution in [1.82, 2.24) is 0 Å². The fraction of sp³-hybridized carbons (Fsp3) is 0.171. The second kappa shape index (κ2) is 11.5. The average molecular weight is 557 g/mol. The molecule has 0 amide bonds. The lowest BCUT2D eigenvalue weighted by Gasteiger charge is -2.28. The van der Waals surface area contributed by atoms with Gasteiger partial charge in [-0.1, -0.05) is 164 Å². The predicted octanol–water partition coefficient (Wildman–Crippen LogP) is 8.41. The topological polar surface area (TPSA) is 0 Å². The van der Waals surface area contributed by atoms with E-state index in [0.29, 0.717) is 5.92 Å². The Balaban J connectivity index is 1.57. The van der Waals surface area contributed by atoms with Crippen molar-refractivity contribution in [3.8, 4) is 11.5 Å². The molecule has 6 aromatic rings. The molecule has 1 fully saturated rings. The van der Waals surface area contributed by atoms with Crippen molar-refractivity contribution >= 4 is 45.2 Å². The van der Waals surface area contributed by atoms with Crippen LogP contribution in [-0.2, 0) is 0 Å². The summed E-state index contributed by atoms with van der Waals surface area (Å²) in [6.07, 6.45) is 6.58. The maximum absolute atomic E-state index is 4.09. The molecule has 0 radical (unpaired) electrons. The molecule has 0 bridgehead atoms. The van der Waals surface area contributed by atoms with Gasteiger partial charge in [-0.2, -0.15) is 0 Å². The zero-order valence-corrected chi connectivity index (χ0v) is 25.3. The van der Waals surface area contributed by atoms with E-state index in [2.05, 4.69) is 152 Å². The summed E-state index contributed by atoms with van der Waals surface area (Å²) in [5, 5.41) is 9.33. The first kappa shape index (κ1) is 26.5. The molecule has 42 heavy (non-hydrogen) atoms. The standard InChI is InChI=1S/C41H36Si/c1-31-26-27-37-38(36-24-14-15-25-39(36)41(40(37)30-31)32-16-6-2-7-17-32)28-29-42(33-18-8-3-9-19-33,34-20-10-4-11-21-34)35-22-12-5-13-23-35/h3-5,8-15,18-27,30,32H,2,6-7,16-17H2,1H3. The van der Waals surface area contributed by atoms with E-state index in [-0.39, 0.29) is 0 Å². The quantitative estimate of drug-likeness (QED) is 0.0885. The van der Waals surface area contributed by atoms with E-state index in [1.807, 2.05) is 0 Å². The molecule has 0 aromatic heterocycles. The van der Waals surface area contributed by atoms with Gasteiger partial charge in [-0.05, 0) is 68.4 Å². The maximum Gasteiger partial charge on any atom is 0.230 e. The van der Waals surface area contributed by atoms with Crippen LogP contribution in [0.25, 0.3) is 21.5 Å². The highest BCUT2D eigenvalue weighted by Crippen LogP contribution is 2.42. The third-order valence-corrected chi connectivity index (χ3v) is 13.3. The van der Waals surface area contributed by atoms with Crippen LogP contribution >= 0.6 is 0 Å². The van der Waals surface area contributed by atoms with Crippen LogP contribution < -0.4 is 15.6 Å². The molecule has 6 aromatic carbocycles. The summed E-state index contributed by atoms with van der Waals surface area (Å²) in [5.74, 6) is 4.54. The monoisotopic (exact) mass is 556 g/mol. The van der Waals surface area contributed by atoms with Crippen LogP contribution in [-0.4, -0.2) is 8.07 Å². The number of aryl methyl sites for hydroxylation is 1. The van der Waals surface area contributed by atoms with Crippen LogP contribution in [0.2, 0.25) is 0 Å². The zero-order chi connectivity index (χ0) is 28.4. The van der Waals surface area contributed by atoms with Crippen LogP contribution in [0.3, 0.4) is 0 Å². The molecule has 0 spiro atoms. The molecule has 204 valence electrons. The largest absolute Gasteiger partial charge is 0.230 e. The number of rotatable bonds is 4. The fourth-order valence-electron chi connectivity index (χ4n) is 7.23. The molecule has 7 rings (SSSR count). The molecule has 0 heterocycles. The van der Waals surface area contributed by atoms with Gasteiger partial charge in [0.1, 0.15) is 0 Å². The normalized spacial score (nSPS) is 14.0. The molecule has 0 unspecified atom stereocenters. The average Bonchev–Trinajstić information content (AvgIpc) is 3.06. The van der Waals surface area contributed by atoms with Crippen molar-refractivity contribution in [1.29, 1.82) is 0 Å². The first-order chi connectivity index (χ1) is 20.8. The Morgan fingerprint density at radius 2 is 1.02 bits per heavy atom. The van der Waals surface area contributed by atoms with Crippen molar-refractivity contribution in [3.05, 3.63) is 150 Å². The Kier molecular flexibility index (Phi) is 7.24. The van der Waals surface area contributed by atoms with Crippen LogP contribution in [0.5, 0.6) is 0 Å². The second-order valence-electron chi connectivity index (χ2n) is 11.8. The molecule has 0 nitrogen and oxygen atoms in total. The molecule has 1 heteroatoms. The van der Waals surface area contributed by atoms with Crippen LogP contribution in [0, 0.1) is 18.4 Å². The molecular weight excluding hydrogens is 521 g/mol. The highest BCUT2D eigenvalue weighted by molar-refractivity contribution is 7.16. The molecule has 1 saturated carbocycles. The Morgan fingerprint density at radius 3 is 1.60 bits per heavy atom. The van der Waals surface area contributed by atoms with Gasteiger partial charge in [0, 0.05) is 5.56 Å². The van der Waals surface area contributed by atoms with Crippen molar-refractivity contribution < 1.29 is 0 Å². The Labute approximate surface area is 251 Å². The lowest BCUT2D eigenvalue weighted by molar-refractivity contribution is 0.447. The van der Waals surface area contributed by atoms with Gasteiger partial charge < -0.3 is 0 Å². The van der Waals surface area contributed by atoms with E-state index in [4.69, 9.17) is 0 Å². The van der Waals surface area contributed by atoms with Crippen molar-refractivity contribution in [3.63, 3.8) is 0 Å². The first-order valence-corrected chi connectivity index (χ1v) is 17.4. The van der Waals surface area contributed by atoms with Crippen molar-refractivity contribution in [2.45, 2.75) is 44.9 Å². The van der Waals surface area contributed by atoms with Gasteiger partial charge in [-0.3, -0.25) is 0 Å². The molecule has 1 aliphatic carbocycles. The minimum atomic E-state index is -2.70. The van der Waals surface area contributed by atoms with Gasteiger partial charge in [0.05, 0.1) is 0 Å². The fourth-order valence-corrected chi connectivity index (χ4v) is 11.1. The maximum atomic E-state index is 4.09. The first-order valence-electron chi connectivity index (χ1n) is 15.4. The lowest BCUT2D eigenvalue weighted by atomic mass is 9.78. The van der Waals surface area contributed by atoms with Gasteiger partial charge in [0.25, 0.3) is 0 Å². The van der Waals surface area contributed by atoms with E-state index in [0.717, 1.165) is 0 Å². The summed E-state index contributed by atoms with van der Waals surface area (Å²) in [6, 6.07) is 49.1. The van der Waals surface area contributed by atoms with E-state index in [1.54, 1.807) is 5.56 Å². The van der Waals surface area contributed by atoms with Gasteiger partial charge >= 0.3 is 0 Å². The van der Waals surface area contributed by atoms with Crippen molar-refractivity contribution in [2.75, 3.05) is 0 Å². The molecule has 0 saturated heterocycles. The van der Waals surface area contributed by atoms with E-state index in [1.165, 1.54) is 80.3 Å². The summed E-state index contributed by atoms with van der Waals surface area (Å²) in [5.41, 5.74) is 8.12.